The lowest BCUT2D eigenvalue weighted by Gasteiger charge is -2.17. The number of hydrogen-bond acceptors (Lipinski definition) is 5. The molecule has 0 unspecified atom stereocenters. The van der Waals surface area contributed by atoms with Crippen LogP contribution in [0.1, 0.15) is 41.7 Å². The van der Waals surface area contributed by atoms with Crippen molar-refractivity contribution >= 4 is 31.9 Å². The van der Waals surface area contributed by atoms with Crippen molar-refractivity contribution in [3.63, 3.8) is 0 Å². The highest BCUT2D eigenvalue weighted by Gasteiger charge is 2.24. The van der Waals surface area contributed by atoms with E-state index in [4.69, 9.17) is 18.5 Å². The Bertz CT molecular complexity index is 1090. The summed E-state index contributed by atoms with van der Waals surface area (Å²) < 4.78 is 34.7. The number of methoxy groups -OCH3 is 2. The molecule has 0 bridgehead atoms. The lowest BCUT2D eigenvalue weighted by atomic mass is 10.0. The van der Waals surface area contributed by atoms with Crippen LogP contribution in [0.2, 0.25) is 0 Å². The van der Waals surface area contributed by atoms with Crippen LogP contribution in [-0.4, -0.2) is 27.4 Å². The summed E-state index contributed by atoms with van der Waals surface area (Å²) in [5.74, 6) is 1.63. The Labute approximate surface area is 208 Å². The van der Waals surface area contributed by atoms with E-state index < -0.39 is 7.60 Å². The predicted molar refractivity (Wildman–Crippen MR) is 145 cm³/mol. The van der Waals surface area contributed by atoms with Gasteiger partial charge in [-0.25, -0.2) is 0 Å². The smallest absolute Gasteiger partial charge is 0.335 e. The zero-order valence-corrected chi connectivity index (χ0v) is 21.7. The van der Waals surface area contributed by atoms with Gasteiger partial charge >= 0.3 is 7.60 Å². The van der Waals surface area contributed by atoms with E-state index in [0.29, 0.717) is 13.2 Å². The lowest BCUT2D eigenvalue weighted by Crippen LogP contribution is -1.99. The quantitative estimate of drug-likeness (QED) is 0.191. The third-order valence-electron chi connectivity index (χ3n) is 5.23. The van der Waals surface area contributed by atoms with Gasteiger partial charge in [0.1, 0.15) is 11.5 Å². The maximum absolute atomic E-state index is 13.2. The fourth-order valence-electron chi connectivity index (χ4n) is 3.59. The molecule has 0 saturated carbocycles. The fraction of sp³-hybridized carbons (Fsp3) is 0.241. The van der Waals surface area contributed by atoms with Gasteiger partial charge in [-0.15, -0.1) is 0 Å². The van der Waals surface area contributed by atoms with Crippen molar-refractivity contribution in [2.24, 2.45) is 0 Å². The number of rotatable bonds is 12. The van der Waals surface area contributed by atoms with Gasteiger partial charge in [0.15, 0.2) is 0 Å². The molecule has 184 valence electrons. The van der Waals surface area contributed by atoms with E-state index in [2.05, 4.69) is 6.07 Å². The van der Waals surface area contributed by atoms with Gasteiger partial charge in [-0.05, 0) is 72.0 Å². The topological polar surface area (TPSA) is 54.0 Å². The monoisotopic (exact) mass is 492 g/mol. The van der Waals surface area contributed by atoms with Crippen LogP contribution >= 0.6 is 7.60 Å². The largest absolute Gasteiger partial charge is 0.497 e. The van der Waals surface area contributed by atoms with Gasteiger partial charge in [-0.1, -0.05) is 60.7 Å². The molecule has 0 radical (unpaired) electrons. The molecule has 3 aromatic rings. The molecule has 0 fully saturated rings. The average molecular weight is 493 g/mol. The van der Waals surface area contributed by atoms with Gasteiger partial charge in [-0.2, -0.15) is 0 Å². The zero-order valence-electron chi connectivity index (χ0n) is 20.8. The Hall–Kier alpha value is -3.11. The van der Waals surface area contributed by atoms with Crippen LogP contribution in [0.3, 0.4) is 0 Å². The highest BCUT2D eigenvalue weighted by atomic mass is 31.2. The molecule has 35 heavy (non-hydrogen) atoms. The molecule has 0 aliphatic rings. The highest BCUT2D eigenvalue weighted by Crippen LogP contribution is 2.51. The molecule has 0 N–H and O–H groups in total. The lowest BCUT2D eigenvalue weighted by molar-refractivity contribution is 0.219. The van der Waals surface area contributed by atoms with E-state index in [0.717, 1.165) is 39.3 Å². The van der Waals surface area contributed by atoms with Gasteiger partial charge in [0.25, 0.3) is 0 Å². The Kier molecular flexibility index (Phi) is 9.92. The third-order valence-corrected chi connectivity index (χ3v) is 7.29. The minimum absolute atomic E-state index is 0.211. The summed E-state index contributed by atoms with van der Waals surface area (Å²) in [4.78, 5) is 0. The van der Waals surface area contributed by atoms with E-state index in [1.165, 1.54) is 0 Å². The van der Waals surface area contributed by atoms with Crippen molar-refractivity contribution in [1.82, 2.24) is 0 Å². The third kappa shape index (κ3) is 8.25. The van der Waals surface area contributed by atoms with Gasteiger partial charge < -0.3 is 18.5 Å². The summed E-state index contributed by atoms with van der Waals surface area (Å²) in [5, 5.41) is 0. The molecule has 0 spiro atoms. The fourth-order valence-corrected chi connectivity index (χ4v) is 5.26. The Morgan fingerprint density at radius 3 is 1.40 bits per heavy atom. The summed E-state index contributed by atoms with van der Waals surface area (Å²) in [6, 6.07) is 21.9. The first-order valence-corrected chi connectivity index (χ1v) is 13.4. The Morgan fingerprint density at radius 1 is 0.629 bits per heavy atom. The van der Waals surface area contributed by atoms with Crippen LogP contribution in [0, 0.1) is 0 Å². The second kappa shape index (κ2) is 13.1. The molecule has 3 rings (SSSR count). The highest BCUT2D eigenvalue weighted by molar-refractivity contribution is 7.53. The SMILES string of the molecule is CCOP(=O)(Cc1cc(/C=C/c2ccc(OC)cc2)cc(/C=C/c2ccc(OC)cc2)c1)OCC. The summed E-state index contributed by atoms with van der Waals surface area (Å²) in [5.41, 5.74) is 4.99. The number of hydrogen-bond donors (Lipinski definition) is 0. The normalized spacial score (nSPS) is 11.9. The van der Waals surface area contributed by atoms with Gasteiger partial charge in [-0.3, -0.25) is 4.57 Å². The number of benzene rings is 3. The predicted octanol–water partition coefficient (Wildman–Crippen LogP) is 7.81. The maximum atomic E-state index is 13.2. The molecule has 0 aliphatic carbocycles. The van der Waals surface area contributed by atoms with Crippen LogP contribution in [-0.2, 0) is 19.8 Å². The molecule has 6 heteroatoms. The zero-order chi connectivity index (χ0) is 25.1. The first-order valence-electron chi connectivity index (χ1n) is 11.6. The molecule has 0 aliphatic heterocycles. The molecule has 5 nitrogen and oxygen atoms in total. The van der Waals surface area contributed by atoms with Crippen molar-refractivity contribution in [2.75, 3.05) is 27.4 Å². The van der Waals surface area contributed by atoms with Crippen molar-refractivity contribution in [1.29, 1.82) is 0 Å². The maximum Gasteiger partial charge on any atom is 0.335 e. The second-order valence-electron chi connectivity index (χ2n) is 7.83. The van der Waals surface area contributed by atoms with Gasteiger partial charge in [0.2, 0.25) is 0 Å². The van der Waals surface area contributed by atoms with Crippen LogP contribution in [0.15, 0.2) is 66.7 Å². The van der Waals surface area contributed by atoms with E-state index in [9.17, 15) is 4.57 Å². The minimum atomic E-state index is -3.23. The summed E-state index contributed by atoms with van der Waals surface area (Å²) in [7, 11) is 0.0775. The van der Waals surface area contributed by atoms with E-state index in [1.807, 2.05) is 98.8 Å². The molecule has 0 aromatic heterocycles. The molecular weight excluding hydrogens is 459 g/mol. The van der Waals surface area contributed by atoms with Gasteiger partial charge in [0, 0.05) is 0 Å². The molecule has 0 heterocycles. The Morgan fingerprint density at radius 2 is 1.03 bits per heavy atom. The second-order valence-corrected chi connectivity index (χ2v) is 9.88. The first-order chi connectivity index (χ1) is 17.0. The minimum Gasteiger partial charge on any atom is -0.497 e. The van der Waals surface area contributed by atoms with Crippen molar-refractivity contribution in [3.8, 4) is 11.5 Å². The van der Waals surface area contributed by atoms with E-state index in [-0.39, 0.29) is 6.16 Å². The first kappa shape index (κ1) is 26.5. The van der Waals surface area contributed by atoms with Crippen LogP contribution < -0.4 is 9.47 Å². The summed E-state index contributed by atoms with van der Waals surface area (Å²) >= 11 is 0. The van der Waals surface area contributed by atoms with Crippen LogP contribution in [0.25, 0.3) is 24.3 Å². The molecule has 0 saturated heterocycles. The summed E-state index contributed by atoms with van der Waals surface area (Å²) in [6.07, 6.45) is 8.38. The van der Waals surface area contributed by atoms with Crippen molar-refractivity contribution in [3.05, 3.63) is 94.5 Å². The molecule has 3 aromatic carbocycles. The molecular formula is C29H33O5P. The summed E-state index contributed by atoms with van der Waals surface area (Å²) in [6.45, 7) is 4.31. The molecule has 0 amide bonds. The standard InChI is InChI=1S/C29H33O5P/c1-5-33-35(30,34-6-2)22-27-20-25(9-7-23-11-15-28(31-3)16-12-23)19-26(21-27)10-8-24-13-17-29(32-4)18-14-24/h7-21H,5-6,22H2,1-4H3/b9-7+,10-8+. The van der Waals surface area contributed by atoms with Crippen LogP contribution in [0.5, 0.6) is 11.5 Å². The average Bonchev–Trinajstić information content (AvgIpc) is 2.87. The van der Waals surface area contributed by atoms with Crippen molar-refractivity contribution in [2.45, 2.75) is 20.0 Å². The Balaban J connectivity index is 1.92. The van der Waals surface area contributed by atoms with E-state index in [1.54, 1.807) is 14.2 Å². The molecule has 0 atom stereocenters. The number of ether oxygens (including phenoxy) is 2. The van der Waals surface area contributed by atoms with E-state index >= 15 is 0 Å². The van der Waals surface area contributed by atoms with Crippen molar-refractivity contribution < 1.29 is 23.1 Å². The van der Waals surface area contributed by atoms with Gasteiger partial charge in [0.05, 0.1) is 33.6 Å². The van der Waals surface area contributed by atoms with Crippen LogP contribution in [0.4, 0.5) is 0 Å².